The zero-order valence-corrected chi connectivity index (χ0v) is 24.9. The van der Waals surface area contributed by atoms with Crippen molar-refractivity contribution in [3.63, 3.8) is 0 Å². The monoisotopic (exact) mass is 616 g/mol. The molecule has 0 spiro atoms. The highest BCUT2D eigenvalue weighted by Gasteiger charge is 2.68. The van der Waals surface area contributed by atoms with Crippen LogP contribution in [0.2, 0.25) is 5.02 Å². The van der Waals surface area contributed by atoms with Crippen molar-refractivity contribution in [3.05, 3.63) is 70.2 Å². The predicted molar refractivity (Wildman–Crippen MR) is 158 cm³/mol. The number of carbonyl (C=O) groups excluding carboxylic acids is 3. The maximum Gasteiger partial charge on any atom is 0.245 e. The summed E-state index contributed by atoms with van der Waals surface area (Å²) < 4.78 is 29.3. The van der Waals surface area contributed by atoms with Gasteiger partial charge in [0.15, 0.2) is 0 Å². The molecule has 1 aliphatic carbocycles. The fraction of sp³-hybridized carbons (Fsp3) is 0.483. The smallest absolute Gasteiger partial charge is 0.245 e. The van der Waals surface area contributed by atoms with Crippen LogP contribution < -0.4 is 21.5 Å². The molecule has 0 radical (unpaired) electrons. The van der Waals surface area contributed by atoms with Gasteiger partial charge in [0.1, 0.15) is 11.6 Å². The fourth-order valence-electron chi connectivity index (χ4n) is 6.07. The number of carbonyl (C=O) groups is 3. The van der Waals surface area contributed by atoms with Crippen molar-refractivity contribution in [2.24, 2.45) is 17.4 Å². The Kier molecular flexibility index (Phi) is 8.91. The van der Waals surface area contributed by atoms with Gasteiger partial charge >= 0.3 is 0 Å². The number of hydrogen-bond donors (Lipinski definition) is 4. The first-order chi connectivity index (χ1) is 20.0. The lowest BCUT2D eigenvalue weighted by Crippen LogP contribution is -2.57. The molecule has 1 unspecified atom stereocenters. The molecule has 2 saturated heterocycles. The molecule has 226 valence electrons. The number of likely N-dealkylation sites (tertiary alicyclic amines) is 2. The van der Waals surface area contributed by atoms with Crippen LogP contribution in [0.4, 0.5) is 0 Å². The second kappa shape index (κ2) is 12.3. The van der Waals surface area contributed by atoms with Crippen LogP contribution in [-0.4, -0.2) is 73.2 Å². The molecule has 2 aromatic carbocycles. The normalized spacial score (nSPS) is 25.5. The largest absolute Gasteiger partial charge is 0.350 e. The molecule has 2 heterocycles. The summed E-state index contributed by atoms with van der Waals surface area (Å²) in [6.07, 6.45) is 1.66. The average Bonchev–Trinajstić information content (AvgIpc) is 3.26. The van der Waals surface area contributed by atoms with Crippen LogP contribution in [-0.2, 0) is 43.2 Å². The second-order valence-electron chi connectivity index (χ2n) is 11.4. The van der Waals surface area contributed by atoms with E-state index in [4.69, 9.17) is 23.1 Å². The Morgan fingerprint density at radius 3 is 2.50 bits per heavy atom. The first kappa shape index (κ1) is 30.4. The van der Waals surface area contributed by atoms with E-state index in [0.717, 1.165) is 11.1 Å². The van der Waals surface area contributed by atoms with Crippen molar-refractivity contribution in [1.82, 2.24) is 19.8 Å². The third-order valence-electron chi connectivity index (χ3n) is 8.37. The molecule has 0 aromatic heterocycles. The number of amides is 3. The van der Waals surface area contributed by atoms with E-state index < -0.39 is 33.4 Å². The van der Waals surface area contributed by atoms with Gasteiger partial charge in [0.25, 0.3) is 0 Å². The third kappa shape index (κ3) is 6.47. The molecule has 1 saturated carbocycles. The number of nitrogens with one attached hydrogen (secondary N) is 2. The Bertz CT molecular complexity index is 1460. The molecule has 3 fully saturated rings. The summed E-state index contributed by atoms with van der Waals surface area (Å²) in [7, 11) is -4.02. The van der Waals surface area contributed by atoms with E-state index >= 15 is 0 Å². The number of rotatable bonds is 10. The Morgan fingerprint density at radius 2 is 1.81 bits per heavy atom. The van der Waals surface area contributed by atoms with Crippen molar-refractivity contribution in [2.45, 2.75) is 62.1 Å². The minimum absolute atomic E-state index is 0.0254. The van der Waals surface area contributed by atoms with Crippen LogP contribution in [0.3, 0.4) is 0 Å². The molecule has 2 aromatic rings. The highest BCUT2D eigenvalue weighted by molar-refractivity contribution is 7.88. The minimum Gasteiger partial charge on any atom is -0.350 e. The molecule has 3 aliphatic rings. The maximum atomic E-state index is 14.2. The van der Waals surface area contributed by atoms with Gasteiger partial charge < -0.3 is 26.6 Å². The number of benzene rings is 2. The lowest BCUT2D eigenvalue weighted by molar-refractivity contribution is -0.142. The van der Waals surface area contributed by atoms with Crippen LogP contribution >= 0.6 is 11.6 Å². The summed E-state index contributed by atoms with van der Waals surface area (Å²) >= 11 is 6.14. The van der Waals surface area contributed by atoms with Gasteiger partial charge in [-0.25, -0.2) is 8.42 Å². The molecule has 5 rings (SSSR count). The van der Waals surface area contributed by atoms with E-state index in [1.54, 1.807) is 53.4 Å². The molecular formula is C29H37ClN6O5S. The molecule has 11 nitrogen and oxygen atoms in total. The summed E-state index contributed by atoms with van der Waals surface area (Å²) in [5.41, 5.74) is 12.4. The summed E-state index contributed by atoms with van der Waals surface area (Å²) in [4.78, 5) is 44.0. The van der Waals surface area contributed by atoms with Gasteiger partial charge in [-0.2, -0.15) is 4.72 Å². The summed E-state index contributed by atoms with van der Waals surface area (Å²) in [6.45, 7) is 1.55. The van der Waals surface area contributed by atoms with Crippen molar-refractivity contribution < 1.29 is 22.8 Å². The second-order valence-corrected chi connectivity index (χ2v) is 13.6. The van der Waals surface area contributed by atoms with Crippen molar-refractivity contribution in [3.8, 4) is 0 Å². The van der Waals surface area contributed by atoms with Gasteiger partial charge in [0, 0.05) is 43.8 Å². The first-order valence-electron chi connectivity index (χ1n) is 14.2. The highest BCUT2D eigenvalue weighted by Crippen LogP contribution is 2.48. The molecular weight excluding hydrogens is 580 g/mol. The number of hydrogen-bond acceptors (Lipinski definition) is 7. The average molecular weight is 617 g/mol. The topological polar surface area (TPSA) is 168 Å². The van der Waals surface area contributed by atoms with Crippen molar-refractivity contribution in [1.29, 1.82) is 0 Å². The lowest BCUT2D eigenvalue weighted by atomic mass is 10.1. The van der Waals surface area contributed by atoms with E-state index in [2.05, 4.69) is 10.0 Å². The lowest BCUT2D eigenvalue weighted by Gasteiger charge is -2.30. The molecule has 4 atom stereocenters. The van der Waals surface area contributed by atoms with E-state index in [9.17, 15) is 22.8 Å². The molecule has 0 bridgehead atoms. The summed E-state index contributed by atoms with van der Waals surface area (Å²) in [5.74, 6) is -2.42. The highest BCUT2D eigenvalue weighted by atomic mass is 35.5. The van der Waals surface area contributed by atoms with E-state index in [-0.39, 0.29) is 49.7 Å². The fourth-order valence-corrected chi connectivity index (χ4v) is 7.83. The van der Waals surface area contributed by atoms with Gasteiger partial charge in [-0.15, -0.1) is 0 Å². The van der Waals surface area contributed by atoms with Crippen LogP contribution in [0.5, 0.6) is 0 Å². The molecule has 6 N–H and O–H groups in total. The first-order valence-corrected chi connectivity index (χ1v) is 16.2. The van der Waals surface area contributed by atoms with E-state index in [1.165, 1.54) is 4.90 Å². The van der Waals surface area contributed by atoms with Crippen molar-refractivity contribution in [2.75, 3.05) is 19.6 Å². The summed E-state index contributed by atoms with van der Waals surface area (Å²) in [5, 5.41) is 3.41. The van der Waals surface area contributed by atoms with Crippen LogP contribution in [0, 0.1) is 5.92 Å². The summed E-state index contributed by atoms with van der Waals surface area (Å²) in [6, 6.07) is 12.9. The van der Waals surface area contributed by atoms with Crippen LogP contribution in [0.15, 0.2) is 48.5 Å². The third-order valence-corrected chi connectivity index (χ3v) is 10.00. The van der Waals surface area contributed by atoms with E-state index in [0.29, 0.717) is 42.9 Å². The molecule has 42 heavy (non-hydrogen) atoms. The quantitative estimate of drug-likeness (QED) is 0.307. The van der Waals surface area contributed by atoms with Gasteiger partial charge in [-0.1, -0.05) is 48.0 Å². The Labute approximate surface area is 251 Å². The minimum atomic E-state index is -4.02. The molecule has 3 amide bonds. The van der Waals surface area contributed by atoms with Gasteiger partial charge in [-0.3, -0.25) is 14.4 Å². The van der Waals surface area contributed by atoms with Crippen LogP contribution in [0.1, 0.15) is 42.4 Å². The predicted octanol–water partition coefficient (Wildman–Crippen LogP) is 0.844. The number of nitrogens with zero attached hydrogens (tertiary/aromatic N) is 2. The van der Waals surface area contributed by atoms with Crippen molar-refractivity contribution >= 4 is 39.3 Å². The Balaban J connectivity index is 1.35. The maximum absolute atomic E-state index is 14.2. The SMILES string of the molecule is NCc1ccc(Cl)cc1CNC(=O)[C@@H]1CCCN1C(=O)C1(NS(=O)(=O)Cc2ccccc2)C[C@@H]1C(=O)N1CC[C@H](N)C1. The van der Waals surface area contributed by atoms with Gasteiger partial charge in [-0.05, 0) is 54.5 Å². The Morgan fingerprint density at radius 1 is 1.05 bits per heavy atom. The number of halogens is 1. The number of nitrogens with two attached hydrogens (primary N) is 2. The molecule has 13 heteroatoms. The zero-order valence-electron chi connectivity index (χ0n) is 23.3. The standard InChI is InChI=1S/C29H37ClN6O5S/c30-22-9-8-20(15-31)21(13-22)16-33-26(37)25-7-4-11-36(25)28(39)29(14-24(29)27(38)35-12-10-23(32)17-35)34-42(40,41)18-19-5-2-1-3-6-19/h1-3,5-6,8-9,13,23-25,34H,4,7,10-12,14-18,31-32H2,(H,33,37)/t23-,24+,25-,29?/m0/s1. The van der Waals surface area contributed by atoms with Gasteiger partial charge in [0.2, 0.25) is 27.7 Å². The van der Waals surface area contributed by atoms with Crippen LogP contribution in [0.25, 0.3) is 0 Å². The molecule has 2 aliphatic heterocycles. The van der Waals surface area contributed by atoms with E-state index in [1.807, 2.05) is 0 Å². The zero-order chi connectivity index (χ0) is 30.1. The Hall–Kier alpha value is -3.03. The number of sulfonamides is 1. The van der Waals surface area contributed by atoms with Gasteiger partial charge in [0.05, 0.1) is 11.7 Å².